The molecule has 2 aromatic carbocycles. The van der Waals surface area contributed by atoms with Crippen molar-refractivity contribution in [1.82, 2.24) is 16.0 Å². The fourth-order valence-electron chi connectivity index (χ4n) is 2.83. The van der Waals surface area contributed by atoms with Gasteiger partial charge in [-0.2, -0.15) is 0 Å². The van der Waals surface area contributed by atoms with E-state index >= 15 is 0 Å². The maximum atomic E-state index is 12.3. The maximum absolute atomic E-state index is 12.3. The summed E-state index contributed by atoms with van der Waals surface area (Å²) >= 11 is 0. The number of aromatic hydroxyl groups is 1. The van der Waals surface area contributed by atoms with Crippen LogP contribution in [0, 0.1) is 0 Å². The van der Waals surface area contributed by atoms with Crippen molar-refractivity contribution in [2.75, 3.05) is 13.1 Å². The molecule has 2 atom stereocenters. The molecule has 0 bridgehead atoms. The maximum Gasteiger partial charge on any atom is 0.243 e. The summed E-state index contributed by atoms with van der Waals surface area (Å²) in [7, 11) is 0. The quantitative estimate of drug-likeness (QED) is 0.322. The molecule has 0 aliphatic rings. The Morgan fingerprint density at radius 2 is 1.55 bits per heavy atom. The van der Waals surface area contributed by atoms with E-state index in [-0.39, 0.29) is 31.7 Å². The first-order valence-corrected chi connectivity index (χ1v) is 9.66. The van der Waals surface area contributed by atoms with Gasteiger partial charge < -0.3 is 26.8 Å². The number of amides is 3. The van der Waals surface area contributed by atoms with Crippen LogP contribution in [0.15, 0.2) is 54.6 Å². The third kappa shape index (κ3) is 8.27. The Morgan fingerprint density at radius 1 is 0.903 bits per heavy atom. The van der Waals surface area contributed by atoms with Crippen LogP contribution in [-0.4, -0.2) is 54.3 Å². The van der Waals surface area contributed by atoms with E-state index < -0.39 is 29.8 Å². The number of nitrogens with one attached hydrogen (secondary N) is 3. The largest absolute Gasteiger partial charge is 0.508 e. The lowest BCUT2D eigenvalue weighted by Crippen LogP contribution is -2.52. The topological polar surface area (TPSA) is 151 Å². The van der Waals surface area contributed by atoms with Crippen molar-refractivity contribution in [3.05, 3.63) is 65.7 Å². The van der Waals surface area contributed by atoms with Crippen molar-refractivity contribution in [2.24, 2.45) is 5.73 Å². The molecule has 2 rings (SSSR count). The van der Waals surface area contributed by atoms with Gasteiger partial charge in [-0.1, -0.05) is 42.5 Å². The molecule has 0 spiro atoms. The minimum absolute atomic E-state index is 0.110. The van der Waals surface area contributed by atoms with Crippen LogP contribution in [0.5, 0.6) is 5.75 Å². The minimum Gasteiger partial charge on any atom is -0.508 e. The van der Waals surface area contributed by atoms with Gasteiger partial charge in [0.25, 0.3) is 0 Å². The average Bonchev–Trinajstić information content (AvgIpc) is 2.77. The van der Waals surface area contributed by atoms with Gasteiger partial charge in [0.1, 0.15) is 11.8 Å². The molecule has 31 heavy (non-hydrogen) atoms. The monoisotopic (exact) mass is 425 g/mol. The Hall–Kier alpha value is -3.72. The fourth-order valence-corrected chi connectivity index (χ4v) is 2.83. The van der Waals surface area contributed by atoms with Gasteiger partial charge in [0.2, 0.25) is 24.0 Å². The van der Waals surface area contributed by atoms with Crippen LogP contribution in [0.2, 0.25) is 0 Å². The molecule has 9 nitrogen and oxygen atoms in total. The predicted molar refractivity (Wildman–Crippen MR) is 114 cm³/mol. The van der Waals surface area contributed by atoms with Crippen molar-refractivity contribution in [3.63, 3.8) is 0 Å². The van der Waals surface area contributed by atoms with Gasteiger partial charge in [-0.05, 0) is 29.7 Å². The third-order valence-electron chi connectivity index (χ3n) is 4.42. The number of carbonyl (C=O) groups excluding carboxylic acids is 4. The van der Waals surface area contributed by atoms with Crippen molar-refractivity contribution in [3.8, 4) is 5.75 Å². The fraction of sp³-hybridized carbons (Fsp3) is 0.273. The summed E-state index contributed by atoms with van der Waals surface area (Å²) < 4.78 is 0. The second kappa shape index (κ2) is 12.1. The van der Waals surface area contributed by atoms with E-state index in [2.05, 4.69) is 16.0 Å². The molecule has 0 aliphatic heterocycles. The summed E-state index contributed by atoms with van der Waals surface area (Å²) in [6.45, 7) is -0.649. The molecule has 0 saturated heterocycles. The normalized spacial score (nSPS) is 12.3. The molecule has 1 radical (unpaired) electrons. The zero-order valence-corrected chi connectivity index (χ0v) is 16.8. The molecule has 0 aromatic heterocycles. The highest BCUT2D eigenvalue weighted by atomic mass is 16.3. The van der Waals surface area contributed by atoms with Gasteiger partial charge in [0.15, 0.2) is 0 Å². The first-order chi connectivity index (χ1) is 14.9. The van der Waals surface area contributed by atoms with E-state index in [1.165, 1.54) is 12.1 Å². The predicted octanol–water partition coefficient (Wildman–Crippen LogP) is -0.668. The summed E-state index contributed by atoms with van der Waals surface area (Å²) in [6, 6.07) is 13.5. The molecule has 2 aromatic rings. The highest BCUT2D eigenvalue weighted by molar-refractivity contribution is 5.91. The highest BCUT2D eigenvalue weighted by Gasteiger charge is 2.22. The molecule has 0 saturated carbocycles. The van der Waals surface area contributed by atoms with Crippen molar-refractivity contribution in [1.29, 1.82) is 0 Å². The summed E-state index contributed by atoms with van der Waals surface area (Å²) in [5.74, 6) is -1.52. The van der Waals surface area contributed by atoms with Crippen molar-refractivity contribution < 1.29 is 24.3 Å². The molecular formula is C22H25N4O5. The van der Waals surface area contributed by atoms with Gasteiger partial charge in [0.05, 0.1) is 19.1 Å². The van der Waals surface area contributed by atoms with Crippen LogP contribution in [0.4, 0.5) is 0 Å². The van der Waals surface area contributed by atoms with Gasteiger partial charge in [-0.15, -0.1) is 0 Å². The molecule has 3 amide bonds. The summed E-state index contributed by atoms with van der Waals surface area (Å²) in [5.41, 5.74) is 7.45. The second-order valence-electron chi connectivity index (χ2n) is 6.87. The lowest BCUT2D eigenvalue weighted by molar-refractivity contribution is -0.129. The highest BCUT2D eigenvalue weighted by Crippen LogP contribution is 2.10. The summed E-state index contributed by atoms with van der Waals surface area (Å²) in [6.07, 6.45) is 2.01. The number of phenolic OH excluding ortho intramolecular Hbond substituents is 1. The van der Waals surface area contributed by atoms with Crippen molar-refractivity contribution in [2.45, 2.75) is 24.9 Å². The lowest BCUT2D eigenvalue weighted by Gasteiger charge is -2.19. The van der Waals surface area contributed by atoms with Gasteiger partial charge in [0, 0.05) is 6.42 Å². The number of benzene rings is 2. The number of carbonyl (C=O) groups is 3. The first-order valence-electron chi connectivity index (χ1n) is 9.66. The van der Waals surface area contributed by atoms with Crippen molar-refractivity contribution >= 4 is 24.0 Å². The first kappa shape index (κ1) is 23.6. The number of hydrogen-bond donors (Lipinski definition) is 5. The summed E-state index contributed by atoms with van der Waals surface area (Å²) in [4.78, 5) is 47.2. The van der Waals surface area contributed by atoms with E-state index in [4.69, 9.17) is 5.73 Å². The minimum atomic E-state index is -0.925. The molecule has 0 heterocycles. The standard InChI is InChI=1S/C22H25N4O5/c23-18(12-16-6-8-17(28)9-7-16)21(30)25-14-20(29)26-19(22(31)24-10-11-27)13-15-4-2-1-3-5-15/h1-9,18-19,28H,10,12-14,23H2,(H,24,31)(H,25,30)(H,26,29)/t18-,19-/m0/s1. The summed E-state index contributed by atoms with van der Waals surface area (Å²) in [5, 5.41) is 16.7. The number of hydrogen-bond acceptors (Lipinski definition) is 6. The van der Waals surface area contributed by atoms with E-state index in [0.717, 1.165) is 11.1 Å². The van der Waals surface area contributed by atoms with Crippen LogP contribution in [0.25, 0.3) is 0 Å². The molecule has 0 fully saturated rings. The Labute approximate surface area is 180 Å². The average molecular weight is 425 g/mol. The molecule has 163 valence electrons. The Bertz CT molecular complexity index is 887. The third-order valence-corrected chi connectivity index (χ3v) is 4.42. The zero-order valence-electron chi connectivity index (χ0n) is 16.8. The van der Waals surface area contributed by atoms with E-state index in [0.29, 0.717) is 0 Å². The van der Waals surface area contributed by atoms with Gasteiger partial charge in [-0.25, -0.2) is 0 Å². The zero-order chi connectivity index (χ0) is 22.6. The molecule has 6 N–H and O–H groups in total. The molecule has 0 unspecified atom stereocenters. The number of nitrogens with two attached hydrogens (primary N) is 1. The Balaban J connectivity index is 1.88. The second-order valence-corrected chi connectivity index (χ2v) is 6.87. The Kier molecular flexibility index (Phi) is 9.18. The lowest BCUT2D eigenvalue weighted by atomic mass is 10.0. The Morgan fingerprint density at radius 3 is 2.19 bits per heavy atom. The SMILES string of the molecule is N[C@@H](Cc1ccc(O)cc1)C(=O)NCC(=O)N[C@@H](Cc1ccccc1)C(=O)NC[C]=O. The van der Waals surface area contributed by atoms with Gasteiger partial charge >= 0.3 is 0 Å². The number of phenols is 1. The molecule has 9 heteroatoms. The van der Waals surface area contributed by atoms with E-state index in [1.807, 2.05) is 18.2 Å². The van der Waals surface area contributed by atoms with Crippen LogP contribution in [0.1, 0.15) is 11.1 Å². The van der Waals surface area contributed by atoms with Crippen LogP contribution >= 0.6 is 0 Å². The van der Waals surface area contributed by atoms with Crippen LogP contribution in [0.3, 0.4) is 0 Å². The van der Waals surface area contributed by atoms with Gasteiger partial charge in [-0.3, -0.25) is 19.2 Å². The van der Waals surface area contributed by atoms with Crippen LogP contribution in [-0.2, 0) is 32.0 Å². The number of rotatable bonds is 11. The van der Waals surface area contributed by atoms with Crippen LogP contribution < -0.4 is 21.7 Å². The smallest absolute Gasteiger partial charge is 0.243 e. The van der Waals surface area contributed by atoms with E-state index in [1.54, 1.807) is 30.6 Å². The molecule has 0 aliphatic carbocycles. The molecular weight excluding hydrogens is 400 g/mol. The van der Waals surface area contributed by atoms with E-state index in [9.17, 15) is 24.3 Å².